The Morgan fingerprint density at radius 3 is 1.63 bits per heavy atom. The molecule has 0 bridgehead atoms. The summed E-state index contributed by atoms with van der Waals surface area (Å²) in [4.78, 5) is 33.3. The van der Waals surface area contributed by atoms with Gasteiger partial charge in [0.05, 0.1) is 29.4 Å². The van der Waals surface area contributed by atoms with E-state index >= 15 is 0 Å². The van der Waals surface area contributed by atoms with E-state index in [4.69, 9.17) is 14.5 Å². The fourth-order valence-corrected chi connectivity index (χ4v) is 7.78. The van der Waals surface area contributed by atoms with Gasteiger partial charge in [0.1, 0.15) is 13.2 Å². The Labute approximate surface area is 371 Å². The van der Waals surface area contributed by atoms with Crippen LogP contribution in [0, 0.1) is 0 Å². The highest BCUT2D eigenvalue weighted by Gasteiger charge is 2.22. The van der Waals surface area contributed by atoms with Crippen LogP contribution in [0.1, 0.15) is 61.1 Å². The number of carbonyl (C=O) groups is 2. The number of benzene rings is 5. The highest BCUT2D eigenvalue weighted by atomic mass is 32.2. The normalized spacial score (nSPS) is 12.7. The number of rotatable bonds is 18. The predicted molar refractivity (Wildman–Crippen MR) is 253 cm³/mol. The molecule has 0 radical (unpaired) electrons. The van der Waals surface area contributed by atoms with Gasteiger partial charge in [0.25, 0.3) is 10.1 Å². The molecule has 1 N–H and O–H groups in total. The second-order valence-electron chi connectivity index (χ2n) is 15.2. The number of nitrogens with zero attached hydrogens (tertiary/aromatic N) is 3. The largest absolute Gasteiger partial charge is 0.460 e. The molecule has 0 atom stereocenters. The van der Waals surface area contributed by atoms with Gasteiger partial charge in [-0.15, -0.1) is 0 Å². The summed E-state index contributed by atoms with van der Waals surface area (Å²) in [6.45, 7) is 17.7. The highest BCUT2D eigenvalue weighted by Crippen LogP contribution is 2.39. The molecule has 11 heteroatoms. The zero-order valence-corrected chi connectivity index (χ0v) is 37.0. The molecule has 0 aliphatic heterocycles. The molecule has 0 amide bonds. The van der Waals surface area contributed by atoms with E-state index in [1.165, 1.54) is 12.1 Å². The maximum atomic E-state index is 12.1. The molecule has 0 spiro atoms. The van der Waals surface area contributed by atoms with Gasteiger partial charge in [-0.2, -0.15) is 8.42 Å². The molecule has 0 saturated heterocycles. The number of anilines is 2. The third-order valence-electron chi connectivity index (χ3n) is 10.7. The first-order chi connectivity index (χ1) is 30.2. The van der Waals surface area contributed by atoms with E-state index in [1.54, 1.807) is 26.0 Å². The molecule has 10 nitrogen and oxygen atoms in total. The van der Waals surface area contributed by atoms with Crippen LogP contribution in [0.4, 0.5) is 17.1 Å². The molecule has 1 aliphatic rings. The van der Waals surface area contributed by atoms with Crippen molar-refractivity contribution in [3.8, 4) is 0 Å². The number of hydrogen-bond acceptors (Lipinski definition) is 9. The van der Waals surface area contributed by atoms with Crippen LogP contribution in [0.25, 0.3) is 11.1 Å². The molecule has 0 unspecified atom stereocenters. The number of ether oxygens (including phenoxy) is 2. The van der Waals surface area contributed by atoms with Gasteiger partial charge < -0.3 is 19.3 Å². The van der Waals surface area contributed by atoms with Crippen LogP contribution in [-0.2, 0) is 35.6 Å². The van der Waals surface area contributed by atoms with Crippen molar-refractivity contribution < 1.29 is 32.0 Å². The van der Waals surface area contributed by atoms with Crippen LogP contribution in [0.15, 0.2) is 168 Å². The average Bonchev–Trinajstić information content (AvgIpc) is 3.28. The minimum Gasteiger partial charge on any atom is -0.460 e. The molecule has 1 aliphatic carbocycles. The van der Waals surface area contributed by atoms with Gasteiger partial charge in [-0.25, -0.2) is 14.6 Å². The topological polar surface area (TPSA) is 126 Å². The molecular weight excluding hydrogens is 811 g/mol. The molecule has 0 saturated carbocycles. The summed E-state index contributed by atoms with van der Waals surface area (Å²) in [5.41, 5.74) is 12.1. The van der Waals surface area contributed by atoms with E-state index in [1.807, 2.05) is 30.3 Å². The minimum absolute atomic E-state index is 0.156. The summed E-state index contributed by atoms with van der Waals surface area (Å²) < 4.78 is 43.9. The zero-order valence-electron chi connectivity index (χ0n) is 36.2. The molecule has 5 aromatic carbocycles. The van der Waals surface area contributed by atoms with Gasteiger partial charge in [0, 0.05) is 41.2 Å². The number of likely N-dealkylation sites (N-methyl/N-ethyl adjacent to an activating group) is 2. The first kappa shape index (κ1) is 45.7. The summed E-state index contributed by atoms with van der Waals surface area (Å²) in [5, 5.41) is 0. The Kier molecular flexibility index (Phi) is 15.1. The Morgan fingerprint density at radius 1 is 0.651 bits per heavy atom. The van der Waals surface area contributed by atoms with Gasteiger partial charge >= 0.3 is 11.9 Å². The summed E-state index contributed by atoms with van der Waals surface area (Å²) in [6, 6.07) is 39.2. The van der Waals surface area contributed by atoms with Crippen molar-refractivity contribution in [1.29, 1.82) is 0 Å². The van der Waals surface area contributed by atoms with E-state index in [2.05, 4.69) is 116 Å². The predicted octanol–water partition coefficient (Wildman–Crippen LogP) is 10.1. The molecule has 0 heterocycles. The minimum atomic E-state index is -4.32. The monoisotopic (exact) mass is 863 g/mol. The van der Waals surface area contributed by atoms with Crippen LogP contribution < -0.4 is 9.80 Å². The molecule has 6 rings (SSSR count). The lowest BCUT2D eigenvalue weighted by molar-refractivity contribution is -0.139. The molecule has 5 aromatic rings. The maximum Gasteiger partial charge on any atom is 0.333 e. The van der Waals surface area contributed by atoms with Crippen molar-refractivity contribution >= 4 is 56.0 Å². The fourth-order valence-electron chi connectivity index (χ4n) is 7.30. The zero-order chi connectivity index (χ0) is 45.1. The first-order valence-corrected chi connectivity index (χ1v) is 22.3. The number of para-hydroxylation sites is 1. The molecule has 0 aromatic heterocycles. The summed E-state index contributed by atoms with van der Waals surface area (Å²) >= 11 is 0. The number of allylic oxidation sites excluding steroid dienone is 3. The Morgan fingerprint density at radius 2 is 1.16 bits per heavy atom. The van der Waals surface area contributed by atoms with E-state index < -0.39 is 22.1 Å². The van der Waals surface area contributed by atoms with Crippen LogP contribution in [0.5, 0.6) is 0 Å². The first-order valence-electron chi connectivity index (χ1n) is 20.9. The number of esters is 2. The lowest BCUT2D eigenvalue weighted by Crippen LogP contribution is -2.28. The van der Waals surface area contributed by atoms with Crippen LogP contribution >= 0.6 is 0 Å². The average molecular weight is 864 g/mol. The van der Waals surface area contributed by atoms with Gasteiger partial charge in [-0.1, -0.05) is 92.0 Å². The SMILES string of the molecule is C=C(C)C(=O)OCCN(CC)c1ccc(C(=C2C=CC(=Nc3ccccc3)c3ccc(Cc4ccc(S(=O)(=O)O)cc4)cc32)c2ccc(N(CC)CCOC(=O)C(=C)C)cc2)cc1. The highest BCUT2D eigenvalue weighted by molar-refractivity contribution is 7.85. The van der Waals surface area contributed by atoms with Crippen molar-refractivity contribution in [2.75, 3.05) is 49.2 Å². The lowest BCUT2D eigenvalue weighted by atomic mass is 9.82. The van der Waals surface area contributed by atoms with Gasteiger partial charge in [0.2, 0.25) is 0 Å². The molecule has 63 heavy (non-hydrogen) atoms. The van der Waals surface area contributed by atoms with Crippen LogP contribution in [0.3, 0.4) is 0 Å². The van der Waals surface area contributed by atoms with Gasteiger partial charge in [-0.3, -0.25) is 4.55 Å². The van der Waals surface area contributed by atoms with E-state index in [-0.39, 0.29) is 18.1 Å². The van der Waals surface area contributed by atoms with Crippen molar-refractivity contribution in [3.63, 3.8) is 0 Å². The van der Waals surface area contributed by atoms with E-state index in [0.717, 1.165) is 67.3 Å². The third kappa shape index (κ3) is 11.8. The third-order valence-corrected chi connectivity index (χ3v) is 11.5. The maximum absolute atomic E-state index is 12.1. The van der Waals surface area contributed by atoms with Crippen molar-refractivity contribution in [1.82, 2.24) is 0 Å². The number of aliphatic imine (C=N–C) groups is 1. The molecule has 0 fully saturated rings. The standard InChI is InChI=1S/C52H53N3O7S/c1-7-54(30-32-61-51(56)36(3)4)43-21-17-40(18-22-43)50(41-19-23-44(24-20-41)55(8-2)31-33-62-52(57)37(5)6)47-28-29-49(53-42-12-10-9-11-13-42)46-27-16-39(35-48(46)47)34-38-14-25-45(26-15-38)63(58,59)60/h9-29,35H,3,5,7-8,30-34H2,1-2,4,6H3,(H,58,59,60). The second kappa shape index (κ2) is 20.8. The van der Waals surface area contributed by atoms with Crippen LogP contribution in [-0.4, -0.2) is 70.0 Å². The Balaban J connectivity index is 1.46. The van der Waals surface area contributed by atoms with E-state index in [0.29, 0.717) is 43.7 Å². The van der Waals surface area contributed by atoms with Crippen molar-refractivity contribution in [2.24, 2.45) is 4.99 Å². The summed E-state index contributed by atoms with van der Waals surface area (Å²) in [6.07, 6.45) is 4.69. The second-order valence-corrected chi connectivity index (χ2v) is 16.6. The number of carbonyl (C=O) groups excluding carboxylic acids is 2. The van der Waals surface area contributed by atoms with Crippen molar-refractivity contribution in [3.05, 3.63) is 191 Å². The summed E-state index contributed by atoms with van der Waals surface area (Å²) in [7, 11) is -4.32. The Hall–Kier alpha value is -6.82. The molecular formula is C52H53N3O7S. The molecule has 324 valence electrons. The van der Waals surface area contributed by atoms with E-state index in [9.17, 15) is 22.6 Å². The van der Waals surface area contributed by atoms with Crippen molar-refractivity contribution in [2.45, 2.75) is 39.0 Å². The Bertz CT molecular complexity index is 2580. The fraction of sp³-hybridized carbons (Fsp3) is 0.212. The van der Waals surface area contributed by atoms with Gasteiger partial charge in [0.15, 0.2) is 0 Å². The number of hydrogen-bond donors (Lipinski definition) is 1. The number of fused-ring (bicyclic) bond motifs is 1. The smallest absolute Gasteiger partial charge is 0.333 e. The quantitative estimate of drug-likeness (QED) is 0.0521. The summed E-state index contributed by atoms with van der Waals surface area (Å²) in [5.74, 6) is -0.819. The van der Waals surface area contributed by atoms with Crippen LogP contribution in [0.2, 0.25) is 0 Å². The van der Waals surface area contributed by atoms with Gasteiger partial charge in [-0.05, 0) is 128 Å². The lowest BCUT2D eigenvalue weighted by Gasteiger charge is -2.25.